The quantitative estimate of drug-likeness (QED) is 0.151. The number of ether oxygens (including phenoxy) is 2. The first kappa shape index (κ1) is 31.4. The number of aliphatic hydroxyl groups is 1. The van der Waals surface area contributed by atoms with E-state index in [2.05, 4.69) is 4.98 Å². The molecule has 1 aromatic carbocycles. The lowest BCUT2D eigenvalue weighted by atomic mass is 9.95. The van der Waals surface area contributed by atoms with Crippen molar-refractivity contribution in [3.8, 4) is 5.75 Å². The third kappa shape index (κ3) is 7.14. The van der Waals surface area contributed by atoms with Crippen LogP contribution in [0.15, 0.2) is 42.6 Å². The normalized spacial score (nSPS) is 25.7. The number of aliphatic hydroxyl groups excluding tert-OH is 1. The minimum Gasteiger partial charge on any atom is -0.463 e. The maximum absolute atomic E-state index is 15.7. The molecule has 2 heterocycles. The molecule has 1 saturated heterocycles. The van der Waals surface area contributed by atoms with Crippen molar-refractivity contribution in [3.63, 3.8) is 0 Å². The van der Waals surface area contributed by atoms with Crippen LogP contribution in [-0.2, 0) is 23.4 Å². The Balaban J connectivity index is 1.90. The Bertz CT molecular complexity index is 1320. The maximum Gasteiger partial charge on any atom is 0.429 e. The van der Waals surface area contributed by atoms with Crippen molar-refractivity contribution >= 4 is 38.0 Å². The number of hydrogen-bond acceptors (Lipinski definition) is 9. The number of alkyl halides is 4. The summed E-state index contributed by atoms with van der Waals surface area (Å²) in [5.74, 6) is -1.64. The number of benzene rings is 1. The number of hydrogen-bond donors (Lipinski definition) is 2. The molecule has 2 N–H and O–H groups in total. The average Bonchev–Trinajstić information content (AvgIpc) is 3.09. The van der Waals surface area contributed by atoms with Gasteiger partial charge in [0.15, 0.2) is 11.0 Å². The summed E-state index contributed by atoms with van der Waals surface area (Å²) in [5.41, 5.74) is -4.32. The van der Waals surface area contributed by atoms with E-state index in [1.54, 1.807) is 32.0 Å². The van der Waals surface area contributed by atoms with Gasteiger partial charge < -0.3 is 24.1 Å². The summed E-state index contributed by atoms with van der Waals surface area (Å²) in [7, 11) is -4.31. The smallest absolute Gasteiger partial charge is 0.429 e. The Hall–Kier alpha value is -2.16. The number of rotatable bonds is 10. The SMILES string of the molecule is CC(C)OC(=O)[C@H](C)CP(=O)(OC[C@H]1O[C@@H](n2ccc(=S)[nH]c2=S)C(F)(C(F)(F)F)[C@H]1O)Oc1ccccc1. The third-order valence-corrected chi connectivity index (χ3v) is 8.24. The van der Waals surface area contributed by atoms with Crippen LogP contribution in [0.5, 0.6) is 5.75 Å². The number of carbonyl (C=O) groups is 1. The molecule has 0 aliphatic carbocycles. The van der Waals surface area contributed by atoms with Crippen molar-refractivity contribution in [2.75, 3.05) is 12.8 Å². The molecule has 9 nitrogen and oxygen atoms in total. The number of nitrogens with one attached hydrogen (secondary N) is 1. The average molecular weight is 615 g/mol. The molecular weight excluding hydrogens is 587 g/mol. The van der Waals surface area contributed by atoms with E-state index in [9.17, 15) is 27.6 Å². The second kappa shape index (κ2) is 12.1. The number of para-hydroxylation sites is 1. The fourth-order valence-corrected chi connectivity index (χ4v) is 6.14. The van der Waals surface area contributed by atoms with Crippen LogP contribution >= 0.6 is 32.0 Å². The summed E-state index contributed by atoms with van der Waals surface area (Å²) in [6.07, 6.45) is -12.8. The van der Waals surface area contributed by atoms with Crippen molar-refractivity contribution in [3.05, 3.63) is 52.0 Å². The van der Waals surface area contributed by atoms with E-state index >= 15 is 4.39 Å². The summed E-state index contributed by atoms with van der Waals surface area (Å²) in [4.78, 5) is 14.8. The first-order valence-electron chi connectivity index (χ1n) is 11.7. The van der Waals surface area contributed by atoms with Crippen LogP contribution in [0.2, 0.25) is 0 Å². The second-order valence-electron chi connectivity index (χ2n) is 9.14. The van der Waals surface area contributed by atoms with Gasteiger partial charge in [-0.2, -0.15) is 13.2 Å². The third-order valence-electron chi connectivity index (χ3n) is 5.66. The van der Waals surface area contributed by atoms with Gasteiger partial charge >= 0.3 is 19.7 Å². The van der Waals surface area contributed by atoms with Gasteiger partial charge in [-0.15, -0.1) is 0 Å². The zero-order chi connectivity index (χ0) is 29.2. The molecule has 1 aromatic heterocycles. The number of aromatic amines is 1. The van der Waals surface area contributed by atoms with Gasteiger partial charge in [0, 0.05) is 6.20 Å². The predicted molar refractivity (Wildman–Crippen MR) is 136 cm³/mol. The van der Waals surface area contributed by atoms with E-state index in [0.29, 0.717) is 4.57 Å². The van der Waals surface area contributed by atoms with Gasteiger partial charge in [-0.05, 0) is 44.3 Å². The van der Waals surface area contributed by atoms with Crippen molar-refractivity contribution in [2.45, 2.75) is 57.2 Å². The van der Waals surface area contributed by atoms with E-state index in [-0.39, 0.29) is 15.2 Å². The largest absolute Gasteiger partial charge is 0.463 e. The Morgan fingerprint density at radius 1 is 1.23 bits per heavy atom. The van der Waals surface area contributed by atoms with E-state index in [1.165, 1.54) is 25.1 Å². The van der Waals surface area contributed by atoms with Crippen molar-refractivity contribution in [2.24, 2.45) is 5.92 Å². The summed E-state index contributed by atoms with van der Waals surface area (Å²) in [5, 5.41) is 10.5. The van der Waals surface area contributed by atoms with Gasteiger partial charge in [-0.3, -0.25) is 13.9 Å². The molecule has 16 heteroatoms. The number of nitrogens with zero attached hydrogens (tertiary/aromatic N) is 1. The number of H-pyrrole nitrogens is 1. The Labute approximate surface area is 231 Å². The van der Waals surface area contributed by atoms with Crippen molar-refractivity contribution in [1.82, 2.24) is 9.55 Å². The molecule has 0 amide bonds. The standard InChI is InChI=1S/C23H27F4N2O7PS2/c1-13(2)34-19(31)14(3)12-37(32,36-15-7-5-4-6-8-15)33-11-16-18(30)22(24,23(25,26)27)20(35-16)29-10-9-17(38)28-21(29)39/h4-10,13-14,16,18,20,30H,11-12H2,1-3H3,(H,28,38,39)/t14-,16-,18+,20-,22?,37?/m1/s1. The molecule has 0 radical (unpaired) electrons. The molecule has 2 unspecified atom stereocenters. The first-order valence-corrected chi connectivity index (χ1v) is 14.2. The van der Waals surface area contributed by atoms with Gasteiger partial charge in [0.2, 0.25) is 0 Å². The van der Waals surface area contributed by atoms with Crippen LogP contribution in [0.1, 0.15) is 27.0 Å². The second-order valence-corrected chi connectivity index (χ2v) is 12.0. The molecule has 2 aromatic rings. The number of halogens is 4. The summed E-state index contributed by atoms with van der Waals surface area (Å²) < 4.78 is 92.9. The fourth-order valence-electron chi connectivity index (χ4n) is 3.78. The monoisotopic (exact) mass is 614 g/mol. The highest BCUT2D eigenvalue weighted by molar-refractivity contribution is 7.72. The molecule has 0 saturated carbocycles. The van der Waals surface area contributed by atoms with Crippen molar-refractivity contribution < 1.29 is 50.5 Å². The minimum atomic E-state index is -5.60. The lowest BCUT2D eigenvalue weighted by Gasteiger charge is -2.31. The molecule has 0 spiro atoms. The molecule has 6 atom stereocenters. The Kier molecular flexibility index (Phi) is 9.77. The first-order chi connectivity index (χ1) is 18.1. The molecule has 1 fully saturated rings. The minimum absolute atomic E-state index is 0.0789. The molecule has 3 rings (SSSR count). The highest BCUT2D eigenvalue weighted by Gasteiger charge is 2.72. The van der Waals surface area contributed by atoms with E-state index in [1.807, 2.05) is 0 Å². The van der Waals surface area contributed by atoms with E-state index in [0.717, 1.165) is 6.20 Å². The Morgan fingerprint density at radius 3 is 2.44 bits per heavy atom. The highest BCUT2D eigenvalue weighted by Crippen LogP contribution is 2.54. The van der Waals surface area contributed by atoms with Crippen LogP contribution in [0.25, 0.3) is 0 Å². The van der Waals surface area contributed by atoms with Gasteiger partial charge in [-0.25, -0.2) is 8.96 Å². The van der Waals surface area contributed by atoms with Crippen LogP contribution in [-0.4, -0.2) is 63.6 Å². The molecule has 216 valence electrons. The fraction of sp³-hybridized carbons (Fsp3) is 0.522. The highest BCUT2D eigenvalue weighted by atomic mass is 32.1. The zero-order valence-electron chi connectivity index (χ0n) is 21.0. The predicted octanol–water partition coefficient (Wildman–Crippen LogP) is 5.68. The molecule has 39 heavy (non-hydrogen) atoms. The molecule has 1 aliphatic heterocycles. The molecule has 0 bridgehead atoms. The van der Waals surface area contributed by atoms with Gasteiger partial charge in [0.05, 0.1) is 24.8 Å². The lowest BCUT2D eigenvalue weighted by molar-refractivity contribution is -0.273. The van der Waals surface area contributed by atoms with E-state index < -0.39 is 68.6 Å². The molecular formula is C23H27F4N2O7PS2. The number of carbonyl (C=O) groups excluding carboxylic acids is 1. The summed E-state index contributed by atoms with van der Waals surface area (Å²) in [6.45, 7) is 3.66. The van der Waals surface area contributed by atoms with E-state index in [4.69, 9.17) is 43.0 Å². The zero-order valence-corrected chi connectivity index (χ0v) is 23.5. The number of esters is 1. The van der Waals surface area contributed by atoms with Crippen LogP contribution in [0.4, 0.5) is 17.6 Å². The van der Waals surface area contributed by atoms with Gasteiger partial charge in [0.25, 0.3) is 5.67 Å². The number of aromatic nitrogens is 2. The Morgan fingerprint density at radius 2 is 1.87 bits per heavy atom. The van der Waals surface area contributed by atoms with Crippen LogP contribution in [0.3, 0.4) is 0 Å². The topological polar surface area (TPSA) is 112 Å². The molecule has 1 aliphatic rings. The van der Waals surface area contributed by atoms with Gasteiger partial charge in [0.1, 0.15) is 22.6 Å². The summed E-state index contributed by atoms with van der Waals surface area (Å²) in [6, 6.07) is 8.85. The van der Waals surface area contributed by atoms with Crippen LogP contribution in [0, 0.1) is 15.3 Å². The maximum atomic E-state index is 15.7. The van der Waals surface area contributed by atoms with Crippen molar-refractivity contribution in [1.29, 1.82) is 0 Å². The summed E-state index contributed by atoms with van der Waals surface area (Å²) >= 11 is 9.87. The van der Waals surface area contributed by atoms with Crippen LogP contribution < -0.4 is 4.52 Å². The van der Waals surface area contributed by atoms with Gasteiger partial charge in [-0.1, -0.05) is 37.3 Å². The lowest BCUT2D eigenvalue weighted by Crippen LogP contribution is -2.54.